The van der Waals surface area contributed by atoms with Crippen molar-refractivity contribution >= 4 is 12.3 Å². The van der Waals surface area contributed by atoms with E-state index in [-0.39, 0.29) is 0 Å². The van der Waals surface area contributed by atoms with Crippen LogP contribution in [0.5, 0.6) is 0 Å². The van der Waals surface area contributed by atoms with Crippen LogP contribution >= 0.6 is 0 Å². The lowest BCUT2D eigenvalue weighted by Gasteiger charge is -1.94. The molecule has 0 aliphatic heterocycles. The summed E-state index contributed by atoms with van der Waals surface area (Å²) in [5.41, 5.74) is 0. The van der Waals surface area contributed by atoms with Crippen molar-refractivity contribution in [2.45, 2.75) is 12.5 Å². The summed E-state index contributed by atoms with van der Waals surface area (Å²) >= 11 is 0. The van der Waals surface area contributed by atoms with E-state index >= 15 is 0 Å². The second-order valence-corrected chi connectivity index (χ2v) is 1.20. The predicted octanol–water partition coefficient (Wildman–Crippen LogP) is -1.07. The number of hydrogen-bond acceptors (Lipinski definition) is 3. The van der Waals surface area contributed by atoms with Crippen LogP contribution in [-0.2, 0) is 9.59 Å². The monoisotopic (exact) mass is 117 g/mol. The van der Waals surface area contributed by atoms with Crippen LogP contribution in [0, 0.1) is 0 Å². The van der Waals surface area contributed by atoms with Gasteiger partial charge in [0.05, 0.1) is 6.42 Å². The lowest BCUT2D eigenvalue weighted by molar-refractivity contribution is -0.146. The highest BCUT2D eigenvalue weighted by atomic mass is 16.4. The molecule has 1 radical (unpaired) electrons. The van der Waals surface area contributed by atoms with Gasteiger partial charge in [0.2, 0.25) is 6.29 Å². The molecule has 4 nitrogen and oxygen atoms in total. The van der Waals surface area contributed by atoms with E-state index in [1.165, 1.54) is 6.29 Å². The largest absolute Gasteiger partial charge is 0.479 e. The molecule has 2 N–H and O–H groups in total. The zero-order valence-corrected chi connectivity index (χ0v) is 4.00. The van der Waals surface area contributed by atoms with Gasteiger partial charge < -0.3 is 10.2 Å². The highest BCUT2D eigenvalue weighted by Crippen LogP contribution is 1.84. The smallest absolute Gasteiger partial charge is 0.333 e. The third-order valence-corrected chi connectivity index (χ3v) is 0.562. The van der Waals surface area contributed by atoms with Crippen LogP contribution in [0.15, 0.2) is 0 Å². The van der Waals surface area contributed by atoms with E-state index in [9.17, 15) is 9.59 Å². The summed E-state index contributed by atoms with van der Waals surface area (Å²) in [5.74, 6) is -1.40. The molecule has 0 spiro atoms. The van der Waals surface area contributed by atoms with Crippen molar-refractivity contribution in [3.05, 3.63) is 0 Å². The molecule has 4 heteroatoms. The number of carbonyl (C=O) groups excluding carboxylic acids is 1. The number of aliphatic hydroxyl groups is 1. The Morgan fingerprint density at radius 2 is 2.25 bits per heavy atom. The summed E-state index contributed by atoms with van der Waals surface area (Å²) in [4.78, 5) is 19.0. The zero-order valence-electron chi connectivity index (χ0n) is 4.00. The molecule has 0 bridgehead atoms. The fraction of sp³-hybridized carbons (Fsp3) is 0.500. The molecule has 0 saturated carbocycles. The summed E-state index contributed by atoms with van der Waals surface area (Å²) in [5, 5.41) is 16.1. The van der Waals surface area contributed by atoms with Gasteiger partial charge in [-0.15, -0.1) is 0 Å². The number of hydrogen-bond donors (Lipinski definition) is 2. The quantitative estimate of drug-likeness (QED) is 0.493. The maximum atomic E-state index is 9.66. The average Bonchev–Trinajstić information content (AvgIpc) is 1.67. The van der Waals surface area contributed by atoms with E-state index in [1.54, 1.807) is 0 Å². The van der Waals surface area contributed by atoms with Crippen LogP contribution in [0.3, 0.4) is 0 Å². The molecule has 0 aromatic heterocycles. The molecular weight excluding hydrogens is 112 g/mol. The minimum Gasteiger partial charge on any atom is -0.479 e. The molecule has 1 atom stereocenters. The second-order valence-electron chi connectivity index (χ2n) is 1.20. The Morgan fingerprint density at radius 1 is 1.75 bits per heavy atom. The summed E-state index contributed by atoms with van der Waals surface area (Å²) in [6, 6.07) is 0. The van der Waals surface area contributed by atoms with Gasteiger partial charge in [-0.2, -0.15) is 0 Å². The molecule has 0 amide bonds. The maximum absolute atomic E-state index is 9.66. The minimum absolute atomic E-state index is 0.463. The Labute approximate surface area is 45.7 Å². The third-order valence-electron chi connectivity index (χ3n) is 0.562. The SMILES string of the molecule is O=[C]C[C@@H](O)C(=O)O. The van der Waals surface area contributed by atoms with Crippen LogP contribution in [0.25, 0.3) is 0 Å². The number of rotatable bonds is 3. The average molecular weight is 117 g/mol. The first-order chi connectivity index (χ1) is 3.68. The van der Waals surface area contributed by atoms with Crippen molar-refractivity contribution in [1.29, 1.82) is 0 Å². The fourth-order valence-corrected chi connectivity index (χ4v) is 0.166. The third kappa shape index (κ3) is 2.30. The first kappa shape index (κ1) is 7.10. The van der Waals surface area contributed by atoms with Gasteiger partial charge in [-0.1, -0.05) is 0 Å². The Hall–Kier alpha value is -0.900. The Morgan fingerprint density at radius 3 is 2.38 bits per heavy atom. The van der Waals surface area contributed by atoms with Gasteiger partial charge in [-0.05, 0) is 0 Å². The molecule has 0 unspecified atom stereocenters. The van der Waals surface area contributed by atoms with Crippen molar-refractivity contribution in [2.75, 3.05) is 0 Å². The molecule has 0 saturated heterocycles. The molecular formula is C4H5O4. The van der Waals surface area contributed by atoms with Gasteiger partial charge in [-0.3, -0.25) is 4.79 Å². The number of carboxylic acid groups (broad SMARTS) is 1. The second kappa shape index (κ2) is 3.15. The zero-order chi connectivity index (χ0) is 6.57. The highest BCUT2D eigenvalue weighted by molar-refractivity contribution is 5.75. The van der Waals surface area contributed by atoms with E-state index in [1.807, 2.05) is 0 Å². The highest BCUT2D eigenvalue weighted by Gasteiger charge is 2.10. The van der Waals surface area contributed by atoms with Crippen molar-refractivity contribution in [2.24, 2.45) is 0 Å². The Balaban J connectivity index is 3.46. The van der Waals surface area contributed by atoms with Crippen molar-refractivity contribution in [3.8, 4) is 0 Å². The normalized spacial score (nSPS) is 12.6. The molecule has 0 aromatic rings. The van der Waals surface area contributed by atoms with Crippen LogP contribution in [0.1, 0.15) is 6.42 Å². The summed E-state index contributed by atoms with van der Waals surface area (Å²) in [6.45, 7) is 0. The Bertz CT molecular complexity index is 98.2. The van der Waals surface area contributed by atoms with Crippen LogP contribution < -0.4 is 0 Å². The van der Waals surface area contributed by atoms with Crippen molar-refractivity contribution in [1.82, 2.24) is 0 Å². The summed E-state index contributed by atoms with van der Waals surface area (Å²) in [6.07, 6.45) is -0.785. The number of aliphatic carboxylic acids is 1. The minimum atomic E-state index is -1.59. The van der Waals surface area contributed by atoms with Crippen LogP contribution in [0.4, 0.5) is 0 Å². The summed E-state index contributed by atoms with van der Waals surface area (Å²) < 4.78 is 0. The molecule has 0 aliphatic rings. The molecule has 0 aromatic carbocycles. The van der Waals surface area contributed by atoms with Gasteiger partial charge in [0, 0.05) is 0 Å². The number of carboxylic acids is 1. The molecule has 0 heterocycles. The van der Waals surface area contributed by atoms with E-state index in [0.717, 1.165) is 0 Å². The Kier molecular flexibility index (Phi) is 2.79. The van der Waals surface area contributed by atoms with E-state index < -0.39 is 18.5 Å². The molecule has 0 fully saturated rings. The van der Waals surface area contributed by atoms with Gasteiger partial charge in [0.1, 0.15) is 0 Å². The molecule has 0 rings (SSSR count). The van der Waals surface area contributed by atoms with E-state index in [0.29, 0.717) is 0 Å². The van der Waals surface area contributed by atoms with E-state index in [4.69, 9.17) is 10.2 Å². The molecule has 45 valence electrons. The lowest BCUT2D eigenvalue weighted by Crippen LogP contribution is -2.19. The van der Waals surface area contributed by atoms with E-state index in [2.05, 4.69) is 0 Å². The van der Waals surface area contributed by atoms with Crippen LogP contribution in [-0.4, -0.2) is 28.6 Å². The standard InChI is InChI=1S/C4H5O4/c5-2-1-3(6)4(7)8/h3,6H,1H2,(H,7,8)/t3-/m1/s1. The topological polar surface area (TPSA) is 74.6 Å². The van der Waals surface area contributed by atoms with Crippen molar-refractivity contribution < 1.29 is 19.8 Å². The fourth-order valence-electron chi connectivity index (χ4n) is 0.166. The first-order valence-corrected chi connectivity index (χ1v) is 1.94. The van der Waals surface area contributed by atoms with Gasteiger partial charge >= 0.3 is 5.97 Å². The van der Waals surface area contributed by atoms with Crippen molar-refractivity contribution in [3.63, 3.8) is 0 Å². The first-order valence-electron chi connectivity index (χ1n) is 1.94. The number of aliphatic hydroxyl groups excluding tert-OH is 1. The van der Waals surface area contributed by atoms with Gasteiger partial charge in [-0.25, -0.2) is 4.79 Å². The number of carbonyl (C=O) groups is 1. The summed E-state index contributed by atoms with van der Waals surface area (Å²) in [7, 11) is 0. The van der Waals surface area contributed by atoms with Crippen LogP contribution in [0.2, 0.25) is 0 Å². The lowest BCUT2D eigenvalue weighted by atomic mass is 10.3. The maximum Gasteiger partial charge on any atom is 0.333 e. The predicted molar refractivity (Wildman–Crippen MR) is 24.0 cm³/mol. The van der Waals surface area contributed by atoms with Gasteiger partial charge in [0.25, 0.3) is 0 Å². The van der Waals surface area contributed by atoms with Gasteiger partial charge in [0.15, 0.2) is 6.10 Å². The molecule has 8 heavy (non-hydrogen) atoms. The molecule has 0 aliphatic carbocycles.